The predicted octanol–water partition coefficient (Wildman–Crippen LogP) is 6.20. The van der Waals surface area contributed by atoms with E-state index in [1.807, 2.05) is 18.2 Å². The smallest absolute Gasteiger partial charge is 0.0495 e. The highest BCUT2D eigenvalue weighted by Gasteiger charge is 2.16. The highest BCUT2D eigenvalue weighted by Crippen LogP contribution is 2.37. The van der Waals surface area contributed by atoms with Gasteiger partial charge in [0.1, 0.15) is 0 Å². The van der Waals surface area contributed by atoms with E-state index in [0.717, 1.165) is 17.3 Å². The Kier molecular flexibility index (Phi) is 4.81. The lowest BCUT2D eigenvalue weighted by atomic mass is 9.89. The van der Waals surface area contributed by atoms with Gasteiger partial charge in [-0.25, -0.2) is 0 Å². The monoisotopic (exact) mass is 339 g/mol. The Hall–Kier alpha value is -3.06. The van der Waals surface area contributed by atoms with Crippen molar-refractivity contribution in [2.45, 2.75) is 13.3 Å². The summed E-state index contributed by atoms with van der Waals surface area (Å²) in [5.74, 6) is 0. The third-order valence-corrected chi connectivity index (χ3v) is 5.01. The quantitative estimate of drug-likeness (QED) is 0.372. The Bertz CT molecular complexity index is 1130. The maximum atomic E-state index is 4.30. The molecular formula is C25H25N. The zero-order chi connectivity index (χ0) is 18.8. The van der Waals surface area contributed by atoms with E-state index in [4.69, 9.17) is 0 Å². The van der Waals surface area contributed by atoms with Crippen molar-refractivity contribution in [1.82, 2.24) is 4.57 Å². The molecule has 0 bridgehead atoms. The number of aromatic nitrogens is 1. The molecule has 0 radical (unpaired) electrons. The van der Waals surface area contributed by atoms with Crippen LogP contribution in [0.25, 0.3) is 39.4 Å². The van der Waals surface area contributed by atoms with E-state index in [1.165, 1.54) is 38.4 Å². The summed E-state index contributed by atoms with van der Waals surface area (Å²) in [7, 11) is 2.07. The number of hydrogen-bond donors (Lipinski definition) is 0. The van der Waals surface area contributed by atoms with Crippen LogP contribution in [0.15, 0.2) is 74.4 Å². The molecule has 0 aliphatic heterocycles. The second kappa shape index (κ2) is 7.05. The van der Waals surface area contributed by atoms with Crippen LogP contribution in [0.4, 0.5) is 0 Å². The lowest BCUT2D eigenvalue weighted by Crippen LogP contribution is -2.09. The summed E-state index contributed by atoms with van der Waals surface area (Å²) in [5.41, 5.74) is 5.90. The minimum absolute atomic E-state index is 0.772. The Balaban J connectivity index is 2.44. The van der Waals surface area contributed by atoms with Crippen LogP contribution in [-0.4, -0.2) is 4.57 Å². The molecule has 0 saturated carbocycles. The first-order chi connectivity index (χ1) is 12.5. The lowest BCUT2D eigenvalue weighted by molar-refractivity contribution is 0.939. The fraction of sp³-hybridized carbons (Fsp3) is 0.120. The molecule has 26 heavy (non-hydrogen) atoms. The zero-order valence-corrected chi connectivity index (χ0v) is 15.7. The largest absolute Gasteiger partial charge is 0.344 e. The minimum atomic E-state index is 0.772. The first-order valence-electron chi connectivity index (χ1n) is 8.79. The topological polar surface area (TPSA) is 4.93 Å². The lowest BCUT2D eigenvalue weighted by Gasteiger charge is -2.14. The third kappa shape index (κ3) is 2.76. The van der Waals surface area contributed by atoms with E-state index in [9.17, 15) is 0 Å². The Morgan fingerprint density at radius 3 is 2.46 bits per heavy atom. The summed E-state index contributed by atoms with van der Waals surface area (Å²) in [6.45, 7) is 18.3. The van der Waals surface area contributed by atoms with Crippen LogP contribution in [0, 0.1) is 0 Å². The summed E-state index contributed by atoms with van der Waals surface area (Å²) >= 11 is 0. The van der Waals surface area contributed by atoms with E-state index in [0.29, 0.717) is 0 Å². The van der Waals surface area contributed by atoms with E-state index >= 15 is 0 Å². The van der Waals surface area contributed by atoms with Crippen molar-refractivity contribution < 1.29 is 0 Å². The van der Waals surface area contributed by atoms with Crippen LogP contribution in [0.2, 0.25) is 0 Å². The van der Waals surface area contributed by atoms with Gasteiger partial charge in [-0.2, -0.15) is 0 Å². The highest BCUT2D eigenvalue weighted by atomic mass is 14.9. The van der Waals surface area contributed by atoms with Gasteiger partial charge in [-0.05, 0) is 47.1 Å². The van der Waals surface area contributed by atoms with Gasteiger partial charge in [-0.1, -0.05) is 68.3 Å². The van der Waals surface area contributed by atoms with Gasteiger partial charge in [0, 0.05) is 28.7 Å². The molecule has 0 aliphatic rings. The van der Waals surface area contributed by atoms with Gasteiger partial charge >= 0.3 is 0 Å². The van der Waals surface area contributed by atoms with Crippen molar-refractivity contribution in [1.29, 1.82) is 0 Å². The normalized spacial score (nSPS) is 12.3. The number of rotatable bonds is 6. The Labute approximate surface area is 155 Å². The Morgan fingerprint density at radius 2 is 1.77 bits per heavy atom. The van der Waals surface area contributed by atoms with Crippen molar-refractivity contribution in [3.63, 3.8) is 0 Å². The predicted molar refractivity (Wildman–Crippen MR) is 118 cm³/mol. The maximum absolute atomic E-state index is 4.30. The van der Waals surface area contributed by atoms with Crippen molar-refractivity contribution >= 4 is 39.4 Å². The molecule has 1 nitrogen and oxygen atoms in total. The summed E-state index contributed by atoms with van der Waals surface area (Å²) in [4.78, 5) is 0. The molecule has 0 saturated heterocycles. The molecule has 1 heteroatoms. The highest BCUT2D eigenvalue weighted by molar-refractivity contribution is 6.16. The van der Waals surface area contributed by atoms with Gasteiger partial charge < -0.3 is 4.57 Å². The van der Waals surface area contributed by atoms with Gasteiger partial charge in [0.2, 0.25) is 0 Å². The van der Waals surface area contributed by atoms with Crippen LogP contribution < -0.4 is 5.35 Å². The van der Waals surface area contributed by atoms with Crippen LogP contribution >= 0.6 is 0 Å². The van der Waals surface area contributed by atoms with Crippen molar-refractivity contribution in [2.24, 2.45) is 7.05 Å². The summed E-state index contributed by atoms with van der Waals surface area (Å²) in [5, 5.41) is 4.75. The molecule has 0 fully saturated rings. The molecule has 0 spiro atoms. The van der Waals surface area contributed by atoms with E-state index in [-0.39, 0.29) is 0 Å². The molecule has 0 aliphatic carbocycles. The van der Waals surface area contributed by atoms with Gasteiger partial charge in [-0.15, -0.1) is 6.58 Å². The molecule has 1 heterocycles. The number of nitrogens with zero attached hydrogens (tertiary/aromatic N) is 1. The number of benzene rings is 2. The fourth-order valence-electron chi connectivity index (χ4n) is 3.60. The second-order valence-corrected chi connectivity index (χ2v) is 6.62. The van der Waals surface area contributed by atoms with E-state index in [2.05, 4.69) is 75.2 Å². The molecule has 130 valence electrons. The van der Waals surface area contributed by atoms with Crippen molar-refractivity contribution in [2.75, 3.05) is 0 Å². The summed E-state index contributed by atoms with van der Waals surface area (Å²) < 4.78 is 2.16. The molecule has 3 aromatic rings. The molecule has 0 unspecified atom stereocenters. The number of aryl methyl sites for hydroxylation is 1. The SMILES string of the molecule is C=C/C=C\C=C(/C)c1ccc2c(=C)n(C)c3ccc(C(=C)CC=C)c1c23. The molecular weight excluding hydrogens is 314 g/mol. The first kappa shape index (κ1) is 17.8. The zero-order valence-electron chi connectivity index (χ0n) is 15.7. The molecule has 2 aromatic carbocycles. The van der Waals surface area contributed by atoms with Gasteiger partial charge in [-0.3, -0.25) is 0 Å². The van der Waals surface area contributed by atoms with E-state index < -0.39 is 0 Å². The number of hydrogen-bond acceptors (Lipinski definition) is 0. The van der Waals surface area contributed by atoms with Crippen molar-refractivity contribution in [3.05, 3.63) is 90.9 Å². The average molecular weight is 339 g/mol. The molecule has 3 rings (SSSR count). The van der Waals surface area contributed by atoms with Gasteiger partial charge in [0.05, 0.1) is 0 Å². The van der Waals surface area contributed by atoms with Crippen LogP contribution in [0.5, 0.6) is 0 Å². The average Bonchev–Trinajstić information content (AvgIpc) is 2.88. The van der Waals surface area contributed by atoms with Crippen LogP contribution in [-0.2, 0) is 7.05 Å². The minimum Gasteiger partial charge on any atom is -0.344 e. The fourth-order valence-corrected chi connectivity index (χ4v) is 3.60. The molecule has 0 amide bonds. The van der Waals surface area contributed by atoms with Crippen LogP contribution in [0.3, 0.4) is 0 Å². The summed E-state index contributed by atoms with van der Waals surface area (Å²) in [6, 6.07) is 8.73. The second-order valence-electron chi connectivity index (χ2n) is 6.62. The van der Waals surface area contributed by atoms with E-state index in [1.54, 1.807) is 6.08 Å². The molecule has 1 aromatic heterocycles. The van der Waals surface area contributed by atoms with Crippen LogP contribution in [0.1, 0.15) is 24.5 Å². The third-order valence-electron chi connectivity index (χ3n) is 5.01. The number of allylic oxidation sites excluding steroid dienone is 7. The van der Waals surface area contributed by atoms with Crippen molar-refractivity contribution in [3.8, 4) is 0 Å². The molecule has 0 atom stereocenters. The standard InChI is InChI=1S/C25H25N/c1-7-9-10-12-18(4)20-13-14-22-19(5)26(6)23-16-15-21(17(3)11-8-2)24(20)25(22)23/h7-10,12-16H,1-3,5,11H2,4,6H3/b10-9-,18-12+. The molecule has 0 N–H and O–H groups in total. The summed E-state index contributed by atoms with van der Waals surface area (Å²) in [6.07, 6.45) is 10.6. The maximum Gasteiger partial charge on any atom is 0.0495 e. The van der Waals surface area contributed by atoms with Gasteiger partial charge in [0.25, 0.3) is 0 Å². The van der Waals surface area contributed by atoms with Gasteiger partial charge in [0.15, 0.2) is 0 Å². The Morgan fingerprint density at radius 1 is 1.04 bits per heavy atom. The first-order valence-corrected chi connectivity index (χ1v) is 8.79.